The predicted octanol–water partition coefficient (Wildman–Crippen LogP) is -2.65. The van der Waals surface area contributed by atoms with Crippen molar-refractivity contribution < 1.29 is 61.7 Å². The van der Waals surface area contributed by atoms with Gasteiger partial charge in [0.25, 0.3) is 11.8 Å². The second-order valence-electron chi connectivity index (χ2n) is 4.50. The van der Waals surface area contributed by atoms with Gasteiger partial charge in [-0.05, 0) is 22.9 Å². The summed E-state index contributed by atoms with van der Waals surface area (Å²) in [4.78, 5) is 43.4. The first kappa shape index (κ1) is 22.4. The Labute approximate surface area is 173 Å². The zero-order chi connectivity index (χ0) is 17.7. The van der Waals surface area contributed by atoms with Gasteiger partial charge >= 0.3 is 35.5 Å². The first-order chi connectivity index (χ1) is 11.3. The van der Waals surface area contributed by atoms with E-state index in [9.17, 15) is 27.4 Å². The molecule has 0 spiro atoms. The van der Waals surface area contributed by atoms with Crippen molar-refractivity contribution in [2.45, 2.75) is 23.1 Å². The maximum atomic E-state index is 11.6. The molecule has 1 unspecified atom stereocenters. The zero-order valence-corrected chi connectivity index (χ0v) is 17.4. The molecule has 1 aromatic rings. The van der Waals surface area contributed by atoms with Crippen LogP contribution in [-0.4, -0.2) is 51.8 Å². The summed E-state index contributed by atoms with van der Waals surface area (Å²) in [7, 11) is -2.31. The molecule has 1 aromatic heterocycles. The molecule has 0 radical (unpaired) electrons. The van der Waals surface area contributed by atoms with Crippen LogP contribution in [0.4, 0.5) is 0 Å². The standard InChI is InChI=1S/C12H12N2O7S3.Na/c15-10-7-8(24(18,19)20)12(17)14(10)21-11(16)4-6-22-23-9-3-1-2-5-13-9;/h1-3,5,8H,4,6-7H2,(H,18,19,20);/q;+1/p-1. The van der Waals surface area contributed by atoms with Gasteiger partial charge < -0.3 is 9.39 Å². The third-order valence-corrected chi connectivity index (χ3v) is 6.11. The third-order valence-electron chi connectivity index (χ3n) is 2.78. The number of pyridine rings is 1. The molecule has 2 rings (SSSR count). The summed E-state index contributed by atoms with van der Waals surface area (Å²) in [6, 6.07) is 5.38. The molecule has 2 amide bonds. The van der Waals surface area contributed by atoms with E-state index in [1.807, 2.05) is 6.07 Å². The van der Waals surface area contributed by atoms with Crippen LogP contribution in [0.2, 0.25) is 0 Å². The minimum atomic E-state index is -4.97. The summed E-state index contributed by atoms with van der Waals surface area (Å²) in [6.45, 7) is 0. The smallest absolute Gasteiger partial charge is 0.747 e. The maximum absolute atomic E-state index is 11.6. The average molecular weight is 414 g/mol. The topological polar surface area (TPSA) is 134 Å². The van der Waals surface area contributed by atoms with E-state index >= 15 is 0 Å². The molecule has 1 atom stereocenters. The molecular weight excluding hydrogens is 403 g/mol. The van der Waals surface area contributed by atoms with E-state index in [2.05, 4.69) is 9.82 Å². The van der Waals surface area contributed by atoms with Crippen LogP contribution in [0.3, 0.4) is 0 Å². The molecule has 0 aromatic carbocycles. The van der Waals surface area contributed by atoms with Gasteiger partial charge in [-0.1, -0.05) is 16.9 Å². The fraction of sp³-hybridized carbons (Fsp3) is 0.333. The number of rotatable bonds is 7. The van der Waals surface area contributed by atoms with E-state index in [-0.39, 0.29) is 41.0 Å². The van der Waals surface area contributed by atoms with Gasteiger partial charge in [-0.15, -0.1) is 5.06 Å². The Hall–Kier alpha value is -0.630. The molecule has 0 N–H and O–H groups in total. The number of carbonyl (C=O) groups is 3. The number of hydrogen-bond donors (Lipinski definition) is 0. The van der Waals surface area contributed by atoms with Crippen LogP contribution in [0.5, 0.6) is 0 Å². The van der Waals surface area contributed by atoms with E-state index in [4.69, 9.17) is 0 Å². The normalized spacial score (nSPS) is 17.3. The number of imide groups is 1. The molecule has 25 heavy (non-hydrogen) atoms. The first-order valence-corrected chi connectivity index (χ1v) is 10.3. The van der Waals surface area contributed by atoms with Gasteiger partial charge in [-0.25, -0.2) is 18.2 Å². The van der Waals surface area contributed by atoms with E-state index in [1.165, 1.54) is 21.6 Å². The Kier molecular flexibility index (Phi) is 8.87. The quantitative estimate of drug-likeness (QED) is 0.153. The van der Waals surface area contributed by atoms with Crippen molar-refractivity contribution in [1.82, 2.24) is 10.0 Å². The van der Waals surface area contributed by atoms with Crippen LogP contribution in [0.1, 0.15) is 12.8 Å². The Morgan fingerprint density at radius 2 is 2.12 bits per heavy atom. The number of hydrogen-bond acceptors (Lipinski definition) is 10. The summed E-state index contributed by atoms with van der Waals surface area (Å²) >= 11 is 0. The van der Waals surface area contributed by atoms with Crippen molar-refractivity contribution in [2.24, 2.45) is 0 Å². The van der Waals surface area contributed by atoms with Crippen molar-refractivity contribution in [3.63, 3.8) is 0 Å². The summed E-state index contributed by atoms with van der Waals surface area (Å²) in [6.07, 6.45) is 0.695. The molecule has 13 heteroatoms. The van der Waals surface area contributed by atoms with E-state index in [0.717, 1.165) is 5.03 Å². The van der Waals surface area contributed by atoms with Gasteiger partial charge in [0.2, 0.25) is 0 Å². The van der Waals surface area contributed by atoms with Crippen molar-refractivity contribution in [3.05, 3.63) is 24.4 Å². The molecule has 1 aliphatic heterocycles. The van der Waals surface area contributed by atoms with E-state index < -0.39 is 39.6 Å². The van der Waals surface area contributed by atoms with E-state index in [1.54, 1.807) is 18.3 Å². The van der Waals surface area contributed by atoms with Crippen LogP contribution < -0.4 is 29.6 Å². The molecule has 9 nitrogen and oxygen atoms in total. The van der Waals surface area contributed by atoms with Crippen molar-refractivity contribution in [3.8, 4) is 0 Å². The van der Waals surface area contributed by atoms with Crippen LogP contribution in [-0.2, 0) is 29.3 Å². The van der Waals surface area contributed by atoms with Crippen LogP contribution >= 0.6 is 21.6 Å². The van der Waals surface area contributed by atoms with Gasteiger partial charge in [-0.3, -0.25) is 9.59 Å². The monoisotopic (exact) mass is 414 g/mol. The third kappa shape index (κ3) is 6.55. The molecule has 0 saturated carbocycles. The number of carbonyl (C=O) groups excluding carboxylic acids is 3. The Morgan fingerprint density at radius 1 is 1.40 bits per heavy atom. The molecular formula is C12H11N2NaO7S3. The number of hydroxylamine groups is 2. The molecule has 130 valence electrons. The van der Waals surface area contributed by atoms with Crippen molar-refractivity contribution in [2.75, 3.05) is 5.75 Å². The number of amides is 2. The SMILES string of the molecule is O=C(CCSSc1ccccn1)ON1C(=O)CC(S(=O)(=O)[O-])C1=O.[Na+]. The predicted molar refractivity (Wildman–Crippen MR) is 83.2 cm³/mol. The minimum absolute atomic E-state index is 0. The van der Waals surface area contributed by atoms with Crippen molar-refractivity contribution >= 4 is 49.5 Å². The molecule has 2 heterocycles. The van der Waals surface area contributed by atoms with Gasteiger partial charge in [0.1, 0.15) is 20.4 Å². The second kappa shape index (κ2) is 9.90. The van der Waals surface area contributed by atoms with Gasteiger partial charge in [0.05, 0.1) is 12.8 Å². The number of aromatic nitrogens is 1. The minimum Gasteiger partial charge on any atom is -0.747 e. The zero-order valence-electron chi connectivity index (χ0n) is 13.0. The van der Waals surface area contributed by atoms with Gasteiger partial charge in [0.15, 0.2) is 0 Å². The Bertz CT molecular complexity index is 744. The second-order valence-corrected chi connectivity index (χ2v) is 8.49. The molecule has 0 bridgehead atoms. The average Bonchev–Trinajstić information content (AvgIpc) is 2.81. The van der Waals surface area contributed by atoms with Crippen molar-refractivity contribution in [1.29, 1.82) is 0 Å². The van der Waals surface area contributed by atoms with Crippen LogP contribution in [0.25, 0.3) is 0 Å². The van der Waals surface area contributed by atoms with Crippen LogP contribution in [0.15, 0.2) is 29.4 Å². The fourth-order valence-electron chi connectivity index (χ4n) is 1.67. The summed E-state index contributed by atoms with van der Waals surface area (Å²) in [5.74, 6) is -2.93. The molecule has 1 saturated heterocycles. The summed E-state index contributed by atoms with van der Waals surface area (Å²) in [5.41, 5.74) is 0. The maximum Gasteiger partial charge on any atom is 1.00 e. The first-order valence-electron chi connectivity index (χ1n) is 6.52. The van der Waals surface area contributed by atoms with Crippen LogP contribution in [0, 0.1) is 0 Å². The van der Waals surface area contributed by atoms with Gasteiger partial charge in [-0.2, -0.15) is 0 Å². The molecule has 1 fully saturated rings. The molecule has 1 aliphatic rings. The summed E-state index contributed by atoms with van der Waals surface area (Å²) in [5, 5.41) is -1.23. The molecule has 0 aliphatic carbocycles. The Balaban J connectivity index is 0.00000312. The summed E-state index contributed by atoms with van der Waals surface area (Å²) < 4.78 is 32.6. The largest absolute Gasteiger partial charge is 1.00 e. The van der Waals surface area contributed by atoms with Gasteiger partial charge in [0, 0.05) is 11.9 Å². The van der Waals surface area contributed by atoms with E-state index in [0.29, 0.717) is 5.75 Å². The fourth-order valence-corrected chi connectivity index (χ4v) is 4.21. The number of nitrogens with zero attached hydrogens (tertiary/aromatic N) is 2. The Morgan fingerprint density at radius 3 is 2.68 bits per heavy atom.